The molecule has 0 atom stereocenters. The van der Waals surface area contributed by atoms with Gasteiger partial charge in [0.1, 0.15) is 0 Å². The number of benzene rings is 1. The minimum absolute atomic E-state index is 0.691. The first-order valence-corrected chi connectivity index (χ1v) is 6.43. The summed E-state index contributed by atoms with van der Waals surface area (Å²) >= 11 is 0. The Morgan fingerprint density at radius 1 is 1.07 bits per heavy atom. The summed E-state index contributed by atoms with van der Waals surface area (Å²) < 4.78 is 11.0. The van der Waals surface area contributed by atoms with Crippen molar-refractivity contribution in [3.8, 4) is 0 Å². The van der Waals surface area contributed by atoms with Gasteiger partial charge in [-0.2, -0.15) is 0 Å². The lowest BCUT2D eigenvalue weighted by Crippen LogP contribution is -2.32. The lowest BCUT2D eigenvalue weighted by molar-refractivity contribution is 0.219. The van der Waals surface area contributed by atoms with Crippen LogP contribution in [0.1, 0.15) is 13.8 Å². The molecule has 4 heteroatoms. The molecule has 0 aromatic heterocycles. The van der Waals surface area contributed by atoms with Crippen LogP contribution in [0.2, 0.25) is 0 Å². The molecule has 3 nitrogen and oxygen atoms in total. The Morgan fingerprint density at radius 3 is 2.14 bits per heavy atom. The molecule has 0 bridgehead atoms. The molecule has 0 radical (unpaired) electrons. The second-order valence-electron chi connectivity index (χ2n) is 2.75. The molecule has 0 aliphatic carbocycles. The van der Waals surface area contributed by atoms with Crippen LogP contribution in [0.25, 0.3) is 0 Å². The molecule has 0 aliphatic heterocycles. The maximum Gasteiger partial charge on any atom is 0.440 e. The Kier molecular flexibility index (Phi) is 5.29. The van der Waals surface area contributed by atoms with Gasteiger partial charge in [-0.25, -0.2) is 0 Å². The third-order valence-corrected chi connectivity index (χ3v) is 3.54. The van der Waals surface area contributed by atoms with Gasteiger partial charge in [0, 0.05) is 18.9 Å². The van der Waals surface area contributed by atoms with Gasteiger partial charge < -0.3 is 13.8 Å². The van der Waals surface area contributed by atoms with Crippen LogP contribution in [0.4, 0.5) is 5.69 Å². The Hall–Kier alpha value is -0.843. The average molecular weight is 211 g/mol. The van der Waals surface area contributed by atoms with Gasteiger partial charge in [-0.15, -0.1) is 0 Å². The van der Waals surface area contributed by atoms with E-state index in [-0.39, 0.29) is 0 Å². The number of nitrogens with one attached hydrogen (secondary N) is 1. The van der Waals surface area contributed by atoms with Crippen molar-refractivity contribution < 1.29 is 8.85 Å². The highest BCUT2D eigenvalue weighted by Crippen LogP contribution is 2.06. The van der Waals surface area contributed by atoms with E-state index in [1.165, 1.54) is 0 Å². The highest BCUT2D eigenvalue weighted by atomic mass is 28.3. The molecule has 1 aromatic carbocycles. The molecule has 0 spiro atoms. The zero-order valence-electron chi connectivity index (χ0n) is 8.69. The smallest absolute Gasteiger partial charge is 0.381 e. The first-order chi connectivity index (χ1) is 6.86. The molecular weight excluding hydrogens is 194 g/mol. The molecule has 0 saturated heterocycles. The van der Waals surface area contributed by atoms with Gasteiger partial charge >= 0.3 is 9.45 Å². The first kappa shape index (κ1) is 11.2. The summed E-state index contributed by atoms with van der Waals surface area (Å²) in [5.41, 5.74) is 1.06. The zero-order chi connectivity index (χ0) is 10.2. The van der Waals surface area contributed by atoms with Crippen molar-refractivity contribution in [2.45, 2.75) is 13.8 Å². The molecule has 78 valence electrons. The Labute approximate surface area is 87.0 Å². The Bertz CT molecular complexity index is 237. The molecule has 0 saturated carbocycles. The minimum atomic E-state index is -1.71. The molecule has 14 heavy (non-hydrogen) atoms. The third-order valence-electron chi connectivity index (χ3n) is 1.69. The molecule has 0 aliphatic rings. The topological polar surface area (TPSA) is 30.5 Å². The monoisotopic (exact) mass is 211 g/mol. The van der Waals surface area contributed by atoms with Crippen molar-refractivity contribution in [1.29, 1.82) is 0 Å². The van der Waals surface area contributed by atoms with E-state index in [4.69, 9.17) is 8.85 Å². The number of rotatable bonds is 6. The van der Waals surface area contributed by atoms with Crippen LogP contribution in [-0.4, -0.2) is 22.7 Å². The van der Waals surface area contributed by atoms with Crippen LogP contribution in [0.3, 0.4) is 0 Å². The number of hydrogen-bond acceptors (Lipinski definition) is 3. The van der Waals surface area contributed by atoms with Gasteiger partial charge in [-0.05, 0) is 26.0 Å². The molecular formula is C10H17NO2Si. The van der Waals surface area contributed by atoms with E-state index >= 15 is 0 Å². The highest BCUT2D eigenvalue weighted by molar-refractivity contribution is 6.48. The van der Waals surface area contributed by atoms with E-state index in [2.05, 4.69) is 4.98 Å². The molecule has 0 amide bonds. The van der Waals surface area contributed by atoms with Crippen LogP contribution in [-0.2, 0) is 8.85 Å². The van der Waals surface area contributed by atoms with Gasteiger partial charge in [0.15, 0.2) is 0 Å². The Balaban J connectivity index is 2.46. The number of anilines is 1. The molecule has 0 heterocycles. The second-order valence-corrected chi connectivity index (χ2v) is 4.37. The molecule has 0 fully saturated rings. The average Bonchev–Trinajstić information content (AvgIpc) is 2.20. The molecule has 1 N–H and O–H groups in total. The summed E-state index contributed by atoms with van der Waals surface area (Å²) in [5.74, 6) is 0. The zero-order valence-corrected chi connectivity index (χ0v) is 9.85. The summed E-state index contributed by atoms with van der Waals surface area (Å²) in [4.78, 5) is 3.28. The van der Waals surface area contributed by atoms with E-state index in [0.717, 1.165) is 5.69 Å². The lowest BCUT2D eigenvalue weighted by Gasteiger charge is -2.16. The van der Waals surface area contributed by atoms with Gasteiger partial charge in [0.05, 0.1) is 0 Å². The highest BCUT2D eigenvalue weighted by Gasteiger charge is 2.11. The summed E-state index contributed by atoms with van der Waals surface area (Å²) in [5, 5.41) is 0. The van der Waals surface area contributed by atoms with Crippen molar-refractivity contribution >= 4 is 15.1 Å². The van der Waals surface area contributed by atoms with Gasteiger partial charge in [0.2, 0.25) is 0 Å². The van der Waals surface area contributed by atoms with Crippen molar-refractivity contribution in [2.75, 3.05) is 18.2 Å². The molecule has 0 unspecified atom stereocenters. The van der Waals surface area contributed by atoms with Crippen molar-refractivity contribution in [1.82, 2.24) is 0 Å². The van der Waals surface area contributed by atoms with E-state index in [0.29, 0.717) is 13.2 Å². The van der Waals surface area contributed by atoms with Crippen molar-refractivity contribution in [2.24, 2.45) is 0 Å². The summed E-state index contributed by atoms with van der Waals surface area (Å²) in [6, 6.07) is 10.00. The largest absolute Gasteiger partial charge is 0.440 e. The van der Waals surface area contributed by atoms with Crippen LogP contribution >= 0.6 is 0 Å². The Morgan fingerprint density at radius 2 is 1.64 bits per heavy atom. The number of para-hydroxylation sites is 1. The fourth-order valence-corrected chi connectivity index (χ4v) is 2.44. The van der Waals surface area contributed by atoms with Gasteiger partial charge in [-0.1, -0.05) is 18.2 Å². The SMILES string of the molecule is CCO[SiH](Nc1ccccc1)OCC. The maximum absolute atomic E-state index is 5.49. The predicted octanol–water partition coefficient (Wildman–Crippen LogP) is 1.89. The first-order valence-electron chi connectivity index (χ1n) is 4.91. The molecule has 1 aromatic rings. The fraction of sp³-hybridized carbons (Fsp3) is 0.400. The molecule has 1 rings (SSSR count). The minimum Gasteiger partial charge on any atom is -0.381 e. The summed E-state index contributed by atoms with van der Waals surface area (Å²) in [6.45, 7) is 5.34. The third kappa shape index (κ3) is 3.91. The predicted molar refractivity (Wildman–Crippen MR) is 60.5 cm³/mol. The standard InChI is InChI=1S/C10H17NO2Si/c1-3-12-14(13-4-2)11-10-8-6-5-7-9-10/h5-9,11,14H,3-4H2,1-2H3. The summed E-state index contributed by atoms with van der Waals surface area (Å²) in [6.07, 6.45) is 0. The van der Waals surface area contributed by atoms with Crippen LogP contribution in [0, 0.1) is 0 Å². The number of hydrogen-bond donors (Lipinski definition) is 1. The van der Waals surface area contributed by atoms with Gasteiger partial charge in [0.25, 0.3) is 0 Å². The van der Waals surface area contributed by atoms with Crippen LogP contribution < -0.4 is 4.98 Å². The van der Waals surface area contributed by atoms with E-state index in [1.54, 1.807) is 0 Å². The van der Waals surface area contributed by atoms with Crippen LogP contribution in [0.15, 0.2) is 30.3 Å². The summed E-state index contributed by atoms with van der Waals surface area (Å²) in [7, 11) is -1.71. The van der Waals surface area contributed by atoms with Crippen molar-refractivity contribution in [3.05, 3.63) is 30.3 Å². The lowest BCUT2D eigenvalue weighted by atomic mass is 10.3. The maximum atomic E-state index is 5.49. The van der Waals surface area contributed by atoms with Crippen molar-refractivity contribution in [3.63, 3.8) is 0 Å². The van der Waals surface area contributed by atoms with E-state index in [1.807, 2.05) is 44.2 Å². The van der Waals surface area contributed by atoms with E-state index < -0.39 is 9.45 Å². The normalized spacial score (nSPS) is 10.5. The van der Waals surface area contributed by atoms with Crippen LogP contribution in [0.5, 0.6) is 0 Å². The van der Waals surface area contributed by atoms with Gasteiger partial charge in [-0.3, -0.25) is 0 Å². The van der Waals surface area contributed by atoms with E-state index in [9.17, 15) is 0 Å². The fourth-order valence-electron chi connectivity index (χ4n) is 1.10. The quantitative estimate of drug-likeness (QED) is 0.729. The second kappa shape index (κ2) is 6.59.